The predicted molar refractivity (Wildman–Crippen MR) is 91.2 cm³/mol. The van der Waals surface area contributed by atoms with Gasteiger partial charge < -0.3 is 10.2 Å². The van der Waals surface area contributed by atoms with Gasteiger partial charge in [-0.2, -0.15) is 5.26 Å². The highest BCUT2D eigenvalue weighted by atomic mass is 79.9. The van der Waals surface area contributed by atoms with Crippen molar-refractivity contribution in [1.82, 2.24) is 14.9 Å². The quantitative estimate of drug-likeness (QED) is 0.817. The van der Waals surface area contributed by atoms with Crippen LogP contribution in [0.5, 0.6) is 0 Å². The van der Waals surface area contributed by atoms with E-state index >= 15 is 0 Å². The van der Waals surface area contributed by atoms with Gasteiger partial charge in [0.2, 0.25) is 0 Å². The second kappa shape index (κ2) is 5.87. The second-order valence-electron chi connectivity index (χ2n) is 6.02. The molecule has 2 atom stereocenters. The van der Waals surface area contributed by atoms with Gasteiger partial charge in [0.1, 0.15) is 12.4 Å². The van der Waals surface area contributed by atoms with Crippen LogP contribution in [0, 0.1) is 11.3 Å². The molecule has 0 unspecified atom stereocenters. The lowest BCUT2D eigenvalue weighted by molar-refractivity contribution is 0.178. The molecule has 6 nitrogen and oxygen atoms in total. The summed E-state index contributed by atoms with van der Waals surface area (Å²) in [5.41, 5.74) is 3.32. The lowest BCUT2D eigenvalue weighted by Crippen LogP contribution is -2.44. The van der Waals surface area contributed by atoms with Crippen LogP contribution in [0.15, 0.2) is 35.2 Å². The van der Waals surface area contributed by atoms with Crippen molar-refractivity contribution in [3.63, 3.8) is 0 Å². The largest absolute Gasteiger partial charge is 0.322 e. The van der Waals surface area contributed by atoms with Gasteiger partial charge in [-0.05, 0) is 47.0 Å². The van der Waals surface area contributed by atoms with E-state index in [4.69, 9.17) is 5.26 Å². The molecule has 1 aromatic heterocycles. The van der Waals surface area contributed by atoms with Gasteiger partial charge in [-0.15, -0.1) is 0 Å². The molecule has 7 heteroatoms. The van der Waals surface area contributed by atoms with Gasteiger partial charge in [-0.3, -0.25) is 0 Å². The average molecular weight is 384 g/mol. The van der Waals surface area contributed by atoms with Gasteiger partial charge in [-0.1, -0.05) is 0 Å². The smallest absolute Gasteiger partial charge is 0.314 e. The summed E-state index contributed by atoms with van der Waals surface area (Å²) in [4.78, 5) is 23.2. The summed E-state index contributed by atoms with van der Waals surface area (Å²) in [7, 11) is 0. The Morgan fingerprint density at radius 3 is 3.08 bits per heavy atom. The van der Waals surface area contributed by atoms with Crippen LogP contribution >= 0.6 is 15.9 Å². The van der Waals surface area contributed by atoms with E-state index in [-0.39, 0.29) is 18.1 Å². The summed E-state index contributed by atoms with van der Waals surface area (Å²) in [6.45, 7) is 0. The number of benzene rings is 1. The Balaban J connectivity index is 1.58. The number of nitriles is 1. The Morgan fingerprint density at radius 1 is 1.42 bits per heavy atom. The van der Waals surface area contributed by atoms with E-state index in [1.165, 1.54) is 0 Å². The van der Waals surface area contributed by atoms with Crippen molar-refractivity contribution in [2.75, 3.05) is 5.32 Å². The highest BCUT2D eigenvalue weighted by Crippen LogP contribution is 2.42. The number of hydrogen-bond acceptors (Lipinski definition) is 4. The zero-order valence-electron chi connectivity index (χ0n) is 12.7. The zero-order chi connectivity index (χ0) is 16.7. The fourth-order valence-corrected chi connectivity index (χ4v) is 4.07. The molecule has 2 aromatic rings. The third kappa shape index (κ3) is 2.43. The minimum Gasteiger partial charge on any atom is -0.314 e. The first-order chi connectivity index (χ1) is 11.7. The van der Waals surface area contributed by atoms with E-state index in [9.17, 15) is 4.79 Å². The van der Waals surface area contributed by atoms with Gasteiger partial charge in [0.15, 0.2) is 0 Å². The van der Waals surface area contributed by atoms with Crippen LogP contribution in [0.1, 0.15) is 35.7 Å². The van der Waals surface area contributed by atoms with E-state index in [0.29, 0.717) is 15.7 Å². The van der Waals surface area contributed by atoms with Crippen LogP contribution in [-0.2, 0) is 6.42 Å². The van der Waals surface area contributed by atoms with Crippen molar-refractivity contribution in [1.29, 1.82) is 5.26 Å². The highest BCUT2D eigenvalue weighted by Gasteiger charge is 2.43. The normalized spacial score (nSPS) is 21.1. The molecule has 0 spiro atoms. The summed E-state index contributed by atoms with van der Waals surface area (Å²) < 4.78 is 0.670. The Morgan fingerprint density at radius 2 is 2.29 bits per heavy atom. The Bertz CT molecular complexity index is 862. The molecule has 0 saturated carbocycles. The molecule has 1 fully saturated rings. The van der Waals surface area contributed by atoms with Crippen LogP contribution in [0.4, 0.5) is 10.5 Å². The molecular weight excluding hydrogens is 370 g/mol. The van der Waals surface area contributed by atoms with E-state index in [1.54, 1.807) is 24.5 Å². The number of aromatic nitrogens is 2. The molecule has 0 aliphatic carbocycles. The number of hydrogen-bond donors (Lipinski definition) is 1. The summed E-state index contributed by atoms with van der Waals surface area (Å²) in [6, 6.07) is 7.37. The van der Waals surface area contributed by atoms with Crippen molar-refractivity contribution >= 4 is 27.6 Å². The number of carbonyl (C=O) groups is 1. The number of fused-ring (bicyclic) bond motifs is 4. The van der Waals surface area contributed by atoms with Gasteiger partial charge >= 0.3 is 6.03 Å². The zero-order valence-corrected chi connectivity index (χ0v) is 14.3. The molecule has 1 N–H and O–H groups in total. The molecule has 120 valence electrons. The van der Waals surface area contributed by atoms with E-state index in [0.717, 1.165) is 30.5 Å². The lowest BCUT2D eigenvalue weighted by Gasteiger charge is -2.35. The number of rotatable bonds is 1. The monoisotopic (exact) mass is 383 g/mol. The van der Waals surface area contributed by atoms with Gasteiger partial charge in [0.25, 0.3) is 0 Å². The lowest BCUT2D eigenvalue weighted by atomic mass is 10.00. The summed E-state index contributed by atoms with van der Waals surface area (Å²) in [6.07, 6.45) is 6.09. The van der Waals surface area contributed by atoms with E-state index < -0.39 is 0 Å². The fourth-order valence-electron chi connectivity index (χ4n) is 3.61. The van der Waals surface area contributed by atoms with Crippen molar-refractivity contribution in [3.05, 3.63) is 52.0 Å². The van der Waals surface area contributed by atoms with Crippen molar-refractivity contribution in [3.8, 4) is 6.07 Å². The second-order valence-corrected chi connectivity index (χ2v) is 6.87. The molecule has 1 saturated heterocycles. The first-order valence-corrected chi connectivity index (χ1v) is 8.54. The third-order valence-corrected chi connectivity index (χ3v) is 5.35. The first-order valence-electron chi connectivity index (χ1n) is 7.75. The molecule has 3 heterocycles. The summed E-state index contributed by atoms with van der Waals surface area (Å²) >= 11 is 3.35. The average Bonchev–Trinajstić information content (AvgIpc) is 2.90. The Kier molecular flexibility index (Phi) is 3.69. The van der Waals surface area contributed by atoms with Gasteiger partial charge in [0.05, 0.1) is 17.3 Å². The predicted octanol–water partition coefficient (Wildman–Crippen LogP) is 3.40. The number of amides is 2. The number of carbonyl (C=O) groups excluding carboxylic acids is 1. The topological polar surface area (TPSA) is 81.9 Å². The summed E-state index contributed by atoms with van der Waals surface area (Å²) in [5.74, 6) is 0. The number of urea groups is 1. The van der Waals surface area contributed by atoms with Crippen LogP contribution < -0.4 is 5.32 Å². The maximum atomic E-state index is 12.8. The van der Waals surface area contributed by atoms with E-state index in [1.807, 2.05) is 11.1 Å². The molecule has 2 aliphatic rings. The minimum atomic E-state index is -0.117. The SMILES string of the molecule is N#Cc1ccc(NC(=O)N2[C@@H]3CC[C@H]2c2cncnc2C3)cc1Br. The van der Waals surface area contributed by atoms with Crippen LogP contribution in [0.2, 0.25) is 0 Å². The van der Waals surface area contributed by atoms with E-state index in [2.05, 4.69) is 37.3 Å². The molecule has 2 amide bonds. The Hall–Kier alpha value is -2.46. The molecule has 24 heavy (non-hydrogen) atoms. The highest BCUT2D eigenvalue weighted by molar-refractivity contribution is 9.10. The number of nitrogens with zero attached hydrogens (tertiary/aromatic N) is 4. The standard InChI is InChI=1S/C17H14BrN5O/c18-14-5-11(2-1-10(14)7-19)22-17(24)23-12-3-4-16(23)13-8-20-9-21-15(13)6-12/h1-2,5,8-9,12,16H,3-4,6H2,(H,22,24)/t12-,16+/m1/s1. The molecule has 2 aliphatic heterocycles. The Labute approximate surface area is 147 Å². The molecule has 1 aromatic carbocycles. The van der Waals surface area contributed by atoms with Crippen LogP contribution in [0.25, 0.3) is 0 Å². The number of halogens is 1. The third-order valence-electron chi connectivity index (χ3n) is 4.69. The fraction of sp³-hybridized carbons (Fsp3) is 0.294. The van der Waals surface area contributed by atoms with Crippen molar-refractivity contribution in [2.24, 2.45) is 0 Å². The van der Waals surface area contributed by atoms with Gasteiger partial charge in [0, 0.05) is 34.4 Å². The van der Waals surface area contributed by atoms with Crippen LogP contribution in [-0.4, -0.2) is 26.9 Å². The maximum absolute atomic E-state index is 12.8. The summed E-state index contributed by atoms with van der Waals surface area (Å²) in [5, 5.41) is 11.9. The van der Waals surface area contributed by atoms with Crippen LogP contribution in [0.3, 0.4) is 0 Å². The molecule has 4 rings (SSSR count). The maximum Gasteiger partial charge on any atom is 0.322 e. The van der Waals surface area contributed by atoms with Crippen molar-refractivity contribution < 1.29 is 4.79 Å². The van der Waals surface area contributed by atoms with Gasteiger partial charge in [-0.25, -0.2) is 14.8 Å². The molecule has 0 radical (unpaired) electrons. The molecular formula is C17H14BrN5O. The number of anilines is 1. The first kappa shape index (κ1) is 15.1. The number of nitrogens with one attached hydrogen (secondary N) is 1. The van der Waals surface area contributed by atoms with Crippen molar-refractivity contribution in [2.45, 2.75) is 31.3 Å². The minimum absolute atomic E-state index is 0.0433. The molecule has 2 bridgehead atoms.